The molecule has 1 aromatic carbocycles. The lowest BCUT2D eigenvalue weighted by atomic mass is 10.2. The van der Waals surface area contributed by atoms with Crippen molar-refractivity contribution in [1.29, 1.82) is 0 Å². The summed E-state index contributed by atoms with van der Waals surface area (Å²) in [4.78, 5) is 20.8. The number of aliphatic hydroxyl groups excluding tert-OH is 1. The molecule has 0 heterocycles. The number of carbonyl (C=O) groups is 2. The van der Waals surface area contributed by atoms with Crippen LogP contribution >= 0.6 is 0 Å². The zero-order chi connectivity index (χ0) is 12.0. The number of benzene rings is 1. The number of ketones is 1. The Kier molecular flexibility index (Phi) is 4.03. The second kappa shape index (κ2) is 5.50. The molecular formula is C12H10O4. The van der Waals surface area contributed by atoms with Crippen LogP contribution in [0.5, 0.6) is 0 Å². The maximum atomic E-state index is 10.7. The number of carboxylic acid groups (broad SMARTS) is 1. The van der Waals surface area contributed by atoms with Crippen LogP contribution in [0.4, 0.5) is 0 Å². The average Bonchev–Trinajstić information content (AvgIpc) is 2.29. The van der Waals surface area contributed by atoms with Crippen LogP contribution in [0.2, 0.25) is 0 Å². The number of aliphatic carboxylic acids is 1. The highest BCUT2D eigenvalue weighted by molar-refractivity contribution is 6.37. The van der Waals surface area contributed by atoms with Crippen molar-refractivity contribution in [1.82, 2.24) is 0 Å². The van der Waals surface area contributed by atoms with Gasteiger partial charge in [0.2, 0.25) is 0 Å². The molecular weight excluding hydrogens is 208 g/mol. The lowest BCUT2D eigenvalue weighted by molar-refractivity contribution is -0.146. The monoisotopic (exact) mass is 218 g/mol. The van der Waals surface area contributed by atoms with Gasteiger partial charge in [-0.25, -0.2) is 4.79 Å². The molecule has 16 heavy (non-hydrogen) atoms. The Hall–Kier alpha value is -2.36. The summed E-state index contributed by atoms with van der Waals surface area (Å²) in [6.45, 7) is 0. The van der Waals surface area contributed by atoms with Gasteiger partial charge < -0.3 is 10.2 Å². The fourth-order valence-electron chi connectivity index (χ4n) is 1.00. The van der Waals surface area contributed by atoms with Gasteiger partial charge in [0.1, 0.15) is 5.76 Å². The van der Waals surface area contributed by atoms with Crippen LogP contribution in [0, 0.1) is 0 Å². The Morgan fingerprint density at radius 2 is 1.69 bits per heavy atom. The molecule has 1 aromatic rings. The molecule has 0 saturated heterocycles. The molecule has 0 fully saturated rings. The normalized spacial score (nSPS) is 11.6. The molecule has 0 unspecified atom stereocenters. The topological polar surface area (TPSA) is 74.6 Å². The Balaban J connectivity index is 2.72. The minimum atomic E-state index is -1.52. The van der Waals surface area contributed by atoms with Gasteiger partial charge in [0.25, 0.3) is 5.78 Å². The van der Waals surface area contributed by atoms with Crippen LogP contribution in [0.1, 0.15) is 5.56 Å². The molecule has 0 saturated carbocycles. The first-order chi connectivity index (χ1) is 7.61. The van der Waals surface area contributed by atoms with Gasteiger partial charge in [-0.05, 0) is 12.2 Å². The second-order valence-electron chi connectivity index (χ2n) is 2.95. The van der Waals surface area contributed by atoms with Crippen molar-refractivity contribution in [3.63, 3.8) is 0 Å². The standard InChI is InChI=1S/C12H10O4/c13-10(9-5-2-1-3-6-9)7-4-8-11(14)12(15)16/h1-8,13H,(H,15,16)/b8-4-,10-7-. The van der Waals surface area contributed by atoms with E-state index in [1.54, 1.807) is 30.3 Å². The minimum absolute atomic E-state index is 0.0324. The number of aliphatic hydroxyl groups is 1. The van der Waals surface area contributed by atoms with Crippen LogP contribution in [-0.2, 0) is 9.59 Å². The van der Waals surface area contributed by atoms with E-state index in [1.165, 1.54) is 12.2 Å². The Labute approximate surface area is 92.2 Å². The lowest BCUT2D eigenvalue weighted by Gasteiger charge is -1.96. The number of hydrogen-bond acceptors (Lipinski definition) is 3. The molecule has 0 aliphatic carbocycles. The van der Waals surface area contributed by atoms with E-state index in [2.05, 4.69) is 0 Å². The van der Waals surface area contributed by atoms with E-state index in [1.807, 2.05) is 0 Å². The van der Waals surface area contributed by atoms with E-state index >= 15 is 0 Å². The van der Waals surface area contributed by atoms with Gasteiger partial charge in [0.05, 0.1) is 0 Å². The smallest absolute Gasteiger partial charge is 0.376 e. The van der Waals surface area contributed by atoms with Crippen LogP contribution < -0.4 is 0 Å². The number of carbonyl (C=O) groups excluding carboxylic acids is 1. The number of hydrogen-bond donors (Lipinski definition) is 2. The van der Waals surface area contributed by atoms with Gasteiger partial charge in [-0.15, -0.1) is 0 Å². The molecule has 82 valence electrons. The highest BCUT2D eigenvalue weighted by Crippen LogP contribution is 2.09. The van der Waals surface area contributed by atoms with Gasteiger partial charge >= 0.3 is 5.97 Å². The van der Waals surface area contributed by atoms with E-state index in [0.29, 0.717) is 5.56 Å². The molecule has 0 amide bonds. The van der Waals surface area contributed by atoms with Crippen molar-refractivity contribution >= 4 is 17.5 Å². The first-order valence-corrected chi connectivity index (χ1v) is 4.51. The Bertz CT molecular complexity index is 443. The zero-order valence-electron chi connectivity index (χ0n) is 8.33. The molecule has 4 heteroatoms. The summed E-state index contributed by atoms with van der Waals surface area (Å²) in [7, 11) is 0. The largest absolute Gasteiger partial charge is 0.507 e. The number of carboxylic acids is 1. The van der Waals surface area contributed by atoms with E-state index in [0.717, 1.165) is 6.08 Å². The van der Waals surface area contributed by atoms with Crippen LogP contribution in [-0.4, -0.2) is 22.0 Å². The van der Waals surface area contributed by atoms with Crippen molar-refractivity contribution in [2.75, 3.05) is 0 Å². The van der Waals surface area contributed by atoms with Crippen molar-refractivity contribution in [2.24, 2.45) is 0 Å². The van der Waals surface area contributed by atoms with Gasteiger partial charge in [-0.2, -0.15) is 0 Å². The highest BCUT2D eigenvalue weighted by atomic mass is 16.4. The second-order valence-corrected chi connectivity index (χ2v) is 2.95. The predicted octanol–water partition coefficient (Wildman–Crippen LogP) is 1.80. The van der Waals surface area contributed by atoms with Crippen molar-refractivity contribution in [2.45, 2.75) is 0 Å². The fourth-order valence-corrected chi connectivity index (χ4v) is 1.00. The predicted molar refractivity (Wildman–Crippen MR) is 58.8 cm³/mol. The van der Waals surface area contributed by atoms with E-state index in [9.17, 15) is 14.7 Å². The van der Waals surface area contributed by atoms with E-state index in [4.69, 9.17) is 5.11 Å². The Morgan fingerprint density at radius 1 is 1.06 bits per heavy atom. The molecule has 1 rings (SSSR count). The van der Waals surface area contributed by atoms with Crippen molar-refractivity contribution < 1.29 is 19.8 Å². The van der Waals surface area contributed by atoms with Crippen LogP contribution in [0.15, 0.2) is 48.6 Å². The van der Waals surface area contributed by atoms with Crippen LogP contribution in [0.3, 0.4) is 0 Å². The lowest BCUT2D eigenvalue weighted by Crippen LogP contribution is -2.08. The van der Waals surface area contributed by atoms with Crippen molar-refractivity contribution in [3.05, 3.63) is 54.1 Å². The van der Waals surface area contributed by atoms with E-state index < -0.39 is 11.8 Å². The summed E-state index contributed by atoms with van der Waals surface area (Å²) >= 11 is 0. The summed E-state index contributed by atoms with van der Waals surface area (Å²) < 4.78 is 0. The Morgan fingerprint density at radius 3 is 2.25 bits per heavy atom. The summed E-state index contributed by atoms with van der Waals surface area (Å²) in [5, 5.41) is 17.8. The third kappa shape index (κ3) is 3.42. The van der Waals surface area contributed by atoms with Gasteiger partial charge in [-0.3, -0.25) is 4.79 Å². The SMILES string of the molecule is O=C(O)C(=O)/C=C\C=C(/O)c1ccccc1. The quantitative estimate of drug-likeness (QED) is 0.349. The van der Waals surface area contributed by atoms with Crippen molar-refractivity contribution in [3.8, 4) is 0 Å². The van der Waals surface area contributed by atoms with E-state index in [-0.39, 0.29) is 5.76 Å². The highest BCUT2D eigenvalue weighted by Gasteiger charge is 2.04. The summed E-state index contributed by atoms with van der Waals surface area (Å²) in [5.41, 5.74) is 0.593. The molecule has 2 N–H and O–H groups in total. The molecule has 0 bridgehead atoms. The molecule has 0 radical (unpaired) electrons. The molecule has 0 aliphatic rings. The number of rotatable bonds is 4. The minimum Gasteiger partial charge on any atom is -0.507 e. The molecule has 0 atom stereocenters. The van der Waals surface area contributed by atoms with Gasteiger partial charge in [-0.1, -0.05) is 36.4 Å². The number of allylic oxidation sites excluding steroid dienone is 2. The molecule has 0 spiro atoms. The summed E-state index contributed by atoms with van der Waals surface area (Å²) in [6, 6.07) is 8.70. The van der Waals surface area contributed by atoms with Gasteiger partial charge in [0, 0.05) is 5.56 Å². The molecule has 0 aliphatic heterocycles. The maximum absolute atomic E-state index is 10.7. The average molecular weight is 218 g/mol. The third-order valence-corrected chi connectivity index (χ3v) is 1.78. The zero-order valence-corrected chi connectivity index (χ0v) is 8.33. The summed E-state index contributed by atoms with van der Waals surface area (Å²) in [6.07, 6.45) is 3.33. The fraction of sp³-hybridized carbons (Fsp3) is 0. The molecule has 0 aromatic heterocycles. The third-order valence-electron chi connectivity index (χ3n) is 1.78. The summed E-state index contributed by atoms with van der Waals surface area (Å²) in [5.74, 6) is -2.59. The maximum Gasteiger partial charge on any atom is 0.376 e. The first-order valence-electron chi connectivity index (χ1n) is 4.51. The molecule has 4 nitrogen and oxygen atoms in total. The first kappa shape index (κ1) is 11.7. The van der Waals surface area contributed by atoms with Gasteiger partial charge in [0.15, 0.2) is 0 Å². The van der Waals surface area contributed by atoms with Crippen LogP contribution in [0.25, 0.3) is 5.76 Å².